The molecule has 2 aliphatic heterocycles. The number of aliphatic imine (C=N–C) groups is 1. The van der Waals surface area contributed by atoms with Crippen LogP contribution in [-0.4, -0.2) is 51.1 Å². The van der Waals surface area contributed by atoms with E-state index in [1.807, 2.05) is 0 Å². The number of alkyl halides is 1. The number of halogens is 1. The van der Waals surface area contributed by atoms with Gasteiger partial charge in [0, 0.05) is 0 Å². The highest BCUT2D eigenvalue weighted by atomic mass is 19.1. The average Bonchev–Trinajstić information content (AvgIpc) is 2.94. The zero-order chi connectivity index (χ0) is 13.6. The van der Waals surface area contributed by atoms with Crippen LogP contribution in [0.3, 0.4) is 0 Å². The maximum atomic E-state index is 13.7. The van der Waals surface area contributed by atoms with Gasteiger partial charge in [-0.05, 0) is 0 Å². The molecule has 0 aromatic carbocycles. The molecule has 1 unspecified atom stereocenters. The summed E-state index contributed by atoms with van der Waals surface area (Å²) in [4.78, 5) is 8.14. The van der Waals surface area contributed by atoms with Crippen molar-refractivity contribution in [3.63, 3.8) is 0 Å². The molecule has 1 aromatic heterocycles. The van der Waals surface area contributed by atoms with E-state index in [-0.39, 0.29) is 0 Å². The van der Waals surface area contributed by atoms with E-state index in [0.717, 1.165) is 0 Å². The normalized spacial score (nSPS) is 37.2. The van der Waals surface area contributed by atoms with Crippen LogP contribution in [0.25, 0.3) is 0 Å². The fourth-order valence-corrected chi connectivity index (χ4v) is 2.25. The highest BCUT2D eigenvalue weighted by Gasteiger charge is 2.45. The van der Waals surface area contributed by atoms with Crippen LogP contribution < -0.4 is 11.1 Å². The molecule has 5 atom stereocenters. The minimum absolute atomic E-state index is 0.404. The summed E-state index contributed by atoms with van der Waals surface area (Å²) in [5.41, 5.74) is 6.27. The van der Waals surface area contributed by atoms with E-state index in [0.29, 0.717) is 11.5 Å². The van der Waals surface area contributed by atoms with Crippen LogP contribution in [0.15, 0.2) is 11.3 Å². The number of hydrogen-bond donors (Lipinski definition) is 4. The van der Waals surface area contributed by atoms with Gasteiger partial charge in [-0.25, -0.2) is 14.4 Å². The summed E-state index contributed by atoms with van der Waals surface area (Å²) in [6, 6.07) is 0. The number of imidazole rings is 1. The van der Waals surface area contributed by atoms with E-state index in [2.05, 4.69) is 15.3 Å². The Morgan fingerprint density at radius 1 is 1.58 bits per heavy atom. The fourth-order valence-electron chi connectivity index (χ4n) is 2.25. The third kappa shape index (κ3) is 1.82. The Labute approximate surface area is 107 Å². The maximum absolute atomic E-state index is 13.7. The number of aliphatic hydroxyl groups excluding tert-OH is 2. The van der Waals surface area contributed by atoms with E-state index in [1.54, 1.807) is 0 Å². The zero-order valence-corrected chi connectivity index (χ0v) is 9.85. The smallest absolute Gasteiger partial charge is 0.166 e. The van der Waals surface area contributed by atoms with Crippen LogP contribution >= 0.6 is 0 Å². The molecule has 8 nitrogen and oxygen atoms in total. The lowest BCUT2D eigenvalue weighted by atomic mass is 10.1. The van der Waals surface area contributed by atoms with Gasteiger partial charge in [-0.3, -0.25) is 4.57 Å². The van der Waals surface area contributed by atoms with Gasteiger partial charge in [0.2, 0.25) is 0 Å². The molecule has 5 N–H and O–H groups in total. The first-order valence-electron chi connectivity index (χ1n) is 5.83. The van der Waals surface area contributed by atoms with Crippen LogP contribution in [-0.2, 0) is 4.74 Å². The fraction of sp³-hybridized carbons (Fsp3) is 0.600. The van der Waals surface area contributed by atoms with Crippen LogP contribution in [0.2, 0.25) is 0 Å². The Morgan fingerprint density at radius 2 is 2.37 bits per heavy atom. The third-order valence-electron chi connectivity index (χ3n) is 3.27. The number of nitrogens with zero attached hydrogens (tertiary/aromatic N) is 3. The molecule has 0 spiro atoms. The molecule has 1 saturated heterocycles. The molecule has 0 aliphatic carbocycles. The van der Waals surface area contributed by atoms with Gasteiger partial charge in [-0.1, -0.05) is 0 Å². The monoisotopic (exact) mass is 271 g/mol. The van der Waals surface area contributed by atoms with Crippen molar-refractivity contribution in [1.29, 1.82) is 0 Å². The lowest BCUT2D eigenvalue weighted by Crippen LogP contribution is -2.31. The summed E-state index contributed by atoms with van der Waals surface area (Å²) in [6.07, 6.45) is -2.81. The SMILES string of the molecule is NC1NC=Nc2c1ncn2[C@@H]1O[C@H](CO)[C@@H](F)[C@H]1O. The van der Waals surface area contributed by atoms with Crippen molar-refractivity contribution in [2.45, 2.75) is 30.8 Å². The number of nitrogens with two attached hydrogens (primary N) is 1. The molecule has 1 aromatic rings. The number of rotatable bonds is 2. The van der Waals surface area contributed by atoms with Gasteiger partial charge in [0.15, 0.2) is 18.2 Å². The quantitative estimate of drug-likeness (QED) is 0.530. The van der Waals surface area contributed by atoms with E-state index in [4.69, 9.17) is 15.6 Å². The first-order valence-corrected chi connectivity index (χ1v) is 5.83. The summed E-state index contributed by atoms with van der Waals surface area (Å²) in [5, 5.41) is 21.6. The maximum Gasteiger partial charge on any atom is 0.166 e. The van der Waals surface area contributed by atoms with Crippen LogP contribution in [0, 0.1) is 0 Å². The Bertz CT molecular complexity index is 507. The summed E-state index contributed by atoms with van der Waals surface area (Å²) >= 11 is 0. The predicted molar refractivity (Wildman–Crippen MR) is 62.3 cm³/mol. The minimum Gasteiger partial charge on any atom is -0.394 e. The van der Waals surface area contributed by atoms with Crippen molar-refractivity contribution in [1.82, 2.24) is 14.9 Å². The number of fused-ring (bicyclic) bond motifs is 1. The van der Waals surface area contributed by atoms with E-state index < -0.39 is 37.4 Å². The van der Waals surface area contributed by atoms with Crippen molar-refractivity contribution in [2.75, 3.05) is 6.61 Å². The Morgan fingerprint density at radius 3 is 3.05 bits per heavy atom. The topological polar surface area (TPSA) is 118 Å². The van der Waals surface area contributed by atoms with Crippen LogP contribution in [0.1, 0.15) is 18.1 Å². The molecule has 3 rings (SSSR count). The largest absolute Gasteiger partial charge is 0.394 e. The number of aliphatic hydroxyl groups is 2. The number of nitrogens with one attached hydrogen (secondary N) is 1. The second-order valence-electron chi connectivity index (χ2n) is 4.45. The molecule has 1 fully saturated rings. The Kier molecular flexibility index (Phi) is 2.97. The summed E-state index contributed by atoms with van der Waals surface area (Å²) in [7, 11) is 0. The van der Waals surface area contributed by atoms with Gasteiger partial charge < -0.3 is 26.0 Å². The average molecular weight is 271 g/mol. The van der Waals surface area contributed by atoms with Crippen molar-refractivity contribution in [2.24, 2.45) is 10.7 Å². The highest BCUT2D eigenvalue weighted by molar-refractivity contribution is 5.65. The third-order valence-corrected chi connectivity index (χ3v) is 3.27. The summed E-state index contributed by atoms with van der Waals surface area (Å²) in [5.74, 6) is 0.404. The Hall–Kier alpha value is -1.55. The van der Waals surface area contributed by atoms with Crippen molar-refractivity contribution in [3.8, 4) is 0 Å². The van der Waals surface area contributed by atoms with Gasteiger partial charge in [-0.2, -0.15) is 0 Å². The van der Waals surface area contributed by atoms with E-state index in [9.17, 15) is 9.50 Å². The van der Waals surface area contributed by atoms with Gasteiger partial charge in [0.05, 0.1) is 19.3 Å². The molecular weight excluding hydrogens is 257 g/mol. The lowest BCUT2D eigenvalue weighted by Gasteiger charge is -2.20. The molecule has 104 valence electrons. The number of aromatic nitrogens is 2. The first-order chi connectivity index (χ1) is 9.13. The van der Waals surface area contributed by atoms with Crippen LogP contribution in [0.4, 0.5) is 10.2 Å². The van der Waals surface area contributed by atoms with Gasteiger partial charge in [-0.15, -0.1) is 0 Å². The van der Waals surface area contributed by atoms with E-state index in [1.165, 1.54) is 17.2 Å². The molecule has 19 heavy (non-hydrogen) atoms. The van der Waals surface area contributed by atoms with Gasteiger partial charge >= 0.3 is 0 Å². The Balaban J connectivity index is 1.94. The second kappa shape index (κ2) is 4.53. The lowest BCUT2D eigenvalue weighted by molar-refractivity contribution is -0.0505. The van der Waals surface area contributed by atoms with Crippen molar-refractivity contribution >= 4 is 12.2 Å². The number of hydrogen-bond acceptors (Lipinski definition) is 7. The molecule has 0 saturated carbocycles. The van der Waals surface area contributed by atoms with Crippen LogP contribution in [0.5, 0.6) is 0 Å². The first kappa shape index (κ1) is 12.5. The standard InChI is InChI=1S/C10H14FN5O3/c11-5-4(1-17)19-10(7(5)18)16-3-15-6-8(12)13-2-14-9(6)16/h2-5,7-8,10,17-18H,1,12H2,(H,13,14)/t4-,5-,7-,8?,10-/m1/s1. The second-order valence-corrected chi connectivity index (χ2v) is 4.45. The molecule has 0 radical (unpaired) electrons. The molecule has 2 aliphatic rings. The summed E-state index contributed by atoms with van der Waals surface area (Å²) in [6.45, 7) is -0.504. The van der Waals surface area contributed by atoms with Gasteiger partial charge in [0.1, 0.15) is 24.1 Å². The molecule has 0 amide bonds. The molecular formula is C10H14FN5O3. The summed E-state index contributed by atoms with van der Waals surface area (Å²) < 4.78 is 20.4. The van der Waals surface area contributed by atoms with Crippen molar-refractivity contribution < 1.29 is 19.3 Å². The minimum atomic E-state index is -1.66. The van der Waals surface area contributed by atoms with Gasteiger partial charge in [0.25, 0.3) is 0 Å². The number of ether oxygens (including phenoxy) is 1. The molecule has 9 heteroatoms. The predicted octanol–water partition coefficient (Wildman–Crippen LogP) is -1.31. The van der Waals surface area contributed by atoms with E-state index >= 15 is 0 Å². The van der Waals surface area contributed by atoms with Crippen molar-refractivity contribution in [3.05, 3.63) is 12.0 Å². The molecule has 3 heterocycles. The zero-order valence-electron chi connectivity index (χ0n) is 9.85. The highest BCUT2D eigenvalue weighted by Crippen LogP contribution is 2.36. The molecule has 0 bridgehead atoms.